The fourth-order valence-electron chi connectivity index (χ4n) is 4.00. The molecule has 1 aromatic heterocycles. The van der Waals surface area contributed by atoms with Gasteiger partial charge in [-0.1, -0.05) is 35.9 Å². The van der Waals surface area contributed by atoms with Gasteiger partial charge in [0.25, 0.3) is 0 Å². The van der Waals surface area contributed by atoms with Crippen molar-refractivity contribution in [2.24, 2.45) is 0 Å². The molecule has 3 rings (SSSR count). The summed E-state index contributed by atoms with van der Waals surface area (Å²) in [6, 6.07) is 14.5. The van der Waals surface area contributed by atoms with Crippen molar-refractivity contribution in [1.82, 2.24) is 4.72 Å². The summed E-state index contributed by atoms with van der Waals surface area (Å²) in [5.74, 6) is 0. The molecule has 184 valence electrons. The van der Waals surface area contributed by atoms with E-state index in [4.69, 9.17) is 9.47 Å². The maximum Gasteiger partial charge on any atom is 0.241 e. The lowest BCUT2D eigenvalue weighted by Gasteiger charge is -2.32. The second-order valence-corrected chi connectivity index (χ2v) is 11.0. The van der Waals surface area contributed by atoms with Gasteiger partial charge >= 0.3 is 0 Å². The molecular weight excluding hydrogens is 468 g/mol. The van der Waals surface area contributed by atoms with Gasteiger partial charge in [-0.05, 0) is 55.5 Å². The highest BCUT2D eigenvalue weighted by Crippen LogP contribution is 2.38. The number of benzene rings is 2. The number of rotatable bonds is 12. The van der Waals surface area contributed by atoms with Crippen LogP contribution in [0.3, 0.4) is 0 Å². The van der Waals surface area contributed by atoms with Crippen LogP contribution in [0.1, 0.15) is 33.2 Å². The maximum atomic E-state index is 13.5. The number of aryl methyl sites for hydroxylation is 3. The molecule has 0 saturated heterocycles. The molecule has 0 fully saturated rings. The summed E-state index contributed by atoms with van der Waals surface area (Å²) in [5, 5.41) is 1.97. The van der Waals surface area contributed by atoms with Gasteiger partial charge in [0.15, 0.2) is 0 Å². The van der Waals surface area contributed by atoms with Crippen LogP contribution in [0.15, 0.2) is 58.8 Å². The molecule has 1 unspecified atom stereocenters. The number of sulfonamides is 1. The first-order valence-corrected chi connectivity index (χ1v) is 13.6. The third-order valence-electron chi connectivity index (χ3n) is 5.80. The molecule has 0 saturated carbocycles. The zero-order chi connectivity index (χ0) is 24.7. The molecule has 0 spiro atoms. The van der Waals surface area contributed by atoms with Gasteiger partial charge in [0.05, 0.1) is 24.2 Å². The predicted octanol–water partition coefficient (Wildman–Crippen LogP) is 4.84. The number of hydrogen-bond acceptors (Lipinski definition) is 6. The molecule has 0 amide bonds. The summed E-state index contributed by atoms with van der Waals surface area (Å²) in [6.07, 6.45) is 0. The van der Waals surface area contributed by atoms with Gasteiger partial charge in [-0.25, -0.2) is 8.42 Å². The quantitative estimate of drug-likeness (QED) is 0.384. The molecule has 1 N–H and O–H groups in total. The smallest absolute Gasteiger partial charge is 0.241 e. The van der Waals surface area contributed by atoms with Crippen molar-refractivity contribution in [2.45, 2.75) is 31.7 Å². The van der Waals surface area contributed by atoms with Crippen LogP contribution < -0.4 is 9.62 Å². The van der Waals surface area contributed by atoms with E-state index in [0.29, 0.717) is 26.3 Å². The lowest BCUT2D eigenvalue weighted by atomic mass is 9.94. The molecule has 0 aliphatic carbocycles. The first kappa shape index (κ1) is 26.4. The van der Waals surface area contributed by atoms with Crippen LogP contribution in [0, 0.1) is 20.8 Å². The Labute approximate surface area is 207 Å². The van der Waals surface area contributed by atoms with E-state index in [1.807, 2.05) is 43.5 Å². The van der Waals surface area contributed by atoms with Gasteiger partial charge in [0.1, 0.15) is 0 Å². The number of anilines is 1. The summed E-state index contributed by atoms with van der Waals surface area (Å²) >= 11 is 1.54. The second-order valence-electron chi connectivity index (χ2n) is 8.32. The summed E-state index contributed by atoms with van der Waals surface area (Å²) < 4.78 is 40.7. The molecule has 3 aromatic rings. The van der Waals surface area contributed by atoms with E-state index in [-0.39, 0.29) is 4.90 Å². The van der Waals surface area contributed by atoms with Gasteiger partial charge < -0.3 is 14.4 Å². The number of thiophene rings is 1. The lowest BCUT2D eigenvalue weighted by Crippen LogP contribution is -2.35. The minimum atomic E-state index is -3.77. The van der Waals surface area contributed by atoms with Crippen LogP contribution >= 0.6 is 11.3 Å². The molecule has 0 radical (unpaired) electrons. The Morgan fingerprint density at radius 2 is 1.53 bits per heavy atom. The molecule has 1 heterocycles. The monoisotopic (exact) mass is 502 g/mol. The summed E-state index contributed by atoms with van der Waals surface area (Å²) in [4.78, 5) is 3.41. The SMILES string of the molecule is COCCN(CCOC)c1c(C)ccc(C)c1C(NS(=O)(=O)c1ccc(C)cc1)c1cccs1. The Bertz CT molecular complexity index is 1150. The third kappa shape index (κ3) is 6.25. The molecule has 1 atom stereocenters. The number of nitrogens with zero attached hydrogens (tertiary/aromatic N) is 1. The first-order valence-electron chi connectivity index (χ1n) is 11.2. The largest absolute Gasteiger partial charge is 0.383 e. The predicted molar refractivity (Wildman–Crippen MR) is 140 cm³/mol. The van der Waals surface area contributed by atoms with E-state index in [1.165, 1.54) is 0 Å². The molecule has 8 heteroatoms. The van der Waals surface area contributed by atoms with Gasteiger partial charge in [-0.2, -0.15) is 4.72 Å². The fourth-order valence-corrected chi connectivity index (χ4v) is 6.04. The van der Waals surface area contributed by atoms with Crippen molar-refractivity contribution in [3.8, 4) is 0 Å². The van der Waals surface area contributed by atoms with E-state index in [0.717, 1.165) is 32.8 Å². The van der Waals surface area contributed by atoms with Gasteiger partial charge in [0, 0.05) is 43.4 Å². The number of ether oxygens (including phenoxy) is 2. The molecule has 0 aliphatic heterocycles. The summed E-state index contributed by atoms with van der Waals surface area (Å²) in [6.45, 7) is 8.46. The summed E-state index contributed by atoms with van der Waals surface area (Å²) in [7, 11) is -0.401. The fraction of sp³-hybridized carbons (Fsp3) is 0.385. The Kier molecular flexibility index (Phi) is 9.27. The zero-order valence-electron chi connectivity index (χ0n) is 20.5. The van der Waals surface area contributed by atoms with E-state index in [9.17, 15) is 8.42 Å². The first-order chi connectivity index (χ1) is 16.3. The highest BCUT2D eigenvalue weighted by molar-refractivity contribution is 7.89. The highest BCUT2D eigenvalue weighted by Gasteiger charge is 2.29. The van der Waals surface area contributed by atoms with Gasteiger partial charge in [-0.3, -0.25) is 0 Å². The summed E-state index contributed by atoms with van der Waals surface area (Å²) in [5.41, 5.74) is 5.07. The number of methoxy groups -OCH3 is 2. The van der Waals surface area contributed by atoms with Gasteiger partial charge in [-0.15, -0.1) is 11.3 Å². The van der Waals surface area contributed by atoms with E-state index < -0.39 is 16.1 Å². The number of hydrogen-bond donors (Lipinski definition) is 1. The molecule has 0 bridgehead atoms. The molecule has 6 nitrogen and oxygen atoms in total. The topological polar surface area (TPSA) is 67.9 Å². The molecule has 2 aromatic carbocycles. The standard InChI is InChI=1S/C26H34N2O4S2/c1-19-8-12-22(13-9-19)34(29,30)27-25(23-7-6-18-33-23)24-20(2)10-11-21(3)26(24)28(14-16-31-4)15-17-32-5/h6-13,18,25,27H,14-17H2,1-5H3. The average molecular weight is 503 g/mol. The molecular formula is C26H34N2O4S2. The Hall–Kier alpha value is -2.23. The van der Waals surface area contributed by atoms with Crippen LogP contribution in [0.5, 0.6) is 0 Å². The van der Waals surface area contributed by atoms with Gasteiger partial charge in [0.2, 0.25) is 10.0 Å². The van der Waals surface area contributed by atoms with Crippen molar-refractivity contribution in [2.75, 3.05) is 45.4 Å². The Balaban J connectivity index is 2.15. The maximum absolute atomic E-state index is 13.5. The molecule has 34 heavy (non-hydrogen) atoms. The van der Waals surface area contributed by atoms with Crippen LogP contribution in [0.2, 0.25) is 0 Å². The normalized spacial score (nSPS) is 12.6. The van der Waals surface area contributed by atoms with Crippen molar-refractivity contribution >= 4 is 27.0 Å². The van der Waals surface area contributed by atoms with E-state index in [2.05, 4.69) is 28.7 Å². The average Bonchev–Trinajstić information content (AvgIpc) is 3.35. The van der Waals surface area contributed by atoms with Crippen LogP contribution in [-0.4, -0.2) is 48.9 Å². The third-order valence-corrected chi connectivity index (χ3v) is 8.18. The van der Waals surface area contributed by atoms with Crippen LogP contribution in [-0.2, 0) is 19.5 Å². The van der Waals surface area contributed by atoms with Crippen molar-refractivity contribution in [1.29, 1.82) is 0 Å². The van der Waals surface area contributed by atoms with Crippen molar-refractivity contribution in [3.05, 3.63) is 81.0 Å². The van der Waals surface area contributed by atoms with E-state index in [1.54, 1.807) is 37.7 Å². The number of nitrogens with one attached hydrogen (secondary N) is 1. The highest BCUT2D eigenvalue weighted by atomic mass is 32.2. The minimum absolute atomic E-state index is 0.252. The Morgan fingerprint density at radius 1 is 0.912 bits per heavy atom. The Morgan fingerprint density at radius 3 is 2.09 bits per heavy atom. The zero-order valence-corrected chi connectivity index (χ0v) is 22.1. The minimum Gasteiger partial charge on any atom is -0.383 e. The lowest BCUT2D eigenvalue weighted by molar-refractivity contribution is 0.190. The van der Waals surface area contributed by atoms with Crippen molar-refractivity contribution < 1.29 is 17.9 Å². The molecule has 0 aliphatic rings. The van der Waals surface area contributed by atoms with Crippen LogP contribution in [0.25, 0.3) is 0 Å². The second kappa shape index (κ2) is 12.0. The van der Waals surface area contributed by atoms with Crippen LogP contribution in [0.4, 0.5) is 5.69 Å². The van der Waals surface area contributed by atoms with Crippen molar-refractivity contribution in [3.63, 3.8) is 0 Å². The van der Waals surface area contributed by atoms with E-state index >= 15 is 0 Å².